The lowest BCUT2D eigenvalue weighted by atomic mass is 9.97. The number of carbonyl (C=O) groups is 1. The first-order valence-electron chi connectivity index (χ1n) is 6.76. The van der Waals surface area contributed by atoms with Crippen LogP contribution in [0.1, 0.15) is 20.8 Å². The van der Waals surface area contributed by atoms with Crippen molar-refractivity contribution in [2.45, 2.75) is 20.8 Å². The van der Waals surface area contributed by atoms with Crippen LogP contribution in [0.25, 0.3) is 0 Å². The minimum Gasteiger partial charge on any atom is -0.373 e. The minimum atomic E-state index is -0.121. The fourth-order valence-corrected chi connectivity index (χ4v) is 1.70. The summed E-state index contributed by atoms with van der Waals surface area (Å²) in [5, 5.41) is 6.43. The number of nitrogens with zero attached hydrogens (tertiary/aromatic N) is 1. The van der Waals surface area contributed by atoms with E-state index in [4.69, 9.17) is 11.6 Å². The molecule has 0 aromatic heterocycles. The summed E-state index contributed by atoms with van der Waals surface area (Å²) < 4.78 is 0. The standard InChI is InChI=1S/C15H24ClN3O/c1-15(2,3)11-18-14(20)17-9-10-19(4)13-7-5-12(16)6-8-13/h5-8H,9-11H2,1-4H3,(H2,17,18,20). The van der Waals surface area contributed by atoms with Crippen molar-refractivity contribution in [2.75, 3.05) is 31.6 Å². The molecule has 0 aliphatic heterocycles. The lowest BCUT2D eigenvalue weighted by Gasteiger charge is -2.21. The number of hydrogen-bond acceptors (Lipinski definition) is 2. The molecule has 0 bridgehead atoms. The van der Waals surface area contributed by atoms with E-state index in [1.165, 1.54) is 0 Å². The number of nitrogens with one attached hydrogen (secondary N) is 2. The van der Waals surface area contributed by atoms with Crippen molar-refractivity contribution in [3.63, 3.8) is 0 Å². The maximum absolute atomic E-state index is 11.6. The first-order valence-corrected chi connectivity index (χ1v) is 7.14. The Balaban J connectivity index is 2.26. The molecule has 1 rings (SSSR count). The number of likely N-dealkylation sites (N-methyl/N-ethyl adjacent to an activating group) is 1. The van der Waals surface area contributed by atoms with Gasteiger partial charge in [0, 0.05) is 37.4 Å². The van der Waals surface area contributed by atoms with Crippen LogP contribution in [0.5, 0.6) is 0 Å². The van der Waals surface area contributed by atoms with Crippen molar-refractivity contribution in [3.8, 4) is 0 Å². The molecule has 0 aliphatic rings. The normalized spacial score (nSPS) is 11.1. The van der Waals surface area contributed by atoms with E-state index in [1.54, 1.807) is 0 Å². The predicted octanol–water partition coefficient (Wildman–Crippen LogP) is 3.12. The summed E-state index contributed by atoms with van der Waals surface area (Å²) in [5.74, 6) is 0. The van der Waals surface area contributed by atoms with E-state index in [9.17, 15) is 4.79 Å². The quantitative estimate of drug-likeness (QED) is 0.877. The highest BCUT2D eigenvalue weighted by Crippen LogP contribution is 2.16. The van der Waals surface area contributed by atoms with Crippen LogP contribution in [-0.2, 0) is 0 Å². The van der Waals surface area contributed by atoms with E-state index in [1.807, 2.05) is 31.3 Å². The molecule has 0 spiro atoms. The molecule has 20 heavy (non-hydrogen) atoms. The molecule has 0 saturated heterocycles. The molecular formula is C15H24ClN3O. The van der Waals surface area contributed by atoms with Crippen LogP contribution < -0.4 is 15.5 Å². The molecule has 112 valence electrons. The van der Waals surface area contributed by atoms with Crippen LogP contribution in [0.4, 0.5) is 10.5 Å². The summed E-state index contributed by atoms with van der Waals surface area (Å²) in [6.45, 7) is 8.25. The SMILES string of the molecule is CN(CCNC(=O)NCC(C)(C)C)c1ccc(Cl)cc1. The number of halogens is 1. The largest absolute Gasteiger partial charge is 0.373 e. The van der Waals surface area contributed by atoms with Gasteiger partial charge in [0.15, 0.2) is 0 Å². The Hall–Kier alpha value is -1.42. The summed E-state index contributed by atoms with van der Waals surface area (Å²) in [6.07, 6.45) is 0. The molecule has 0 aliphatic carbocycles. The highest BCUT2D eigenvalue weighted by Gasteiger charge is 2.11. The van der Waals surface area contributed by atoms with Gasteiger partial charge < -0.3 is 15.5 Å². The highest BCUT2D eigenvalue weighted by molar-refractivity contribution is 6.30. The second-order valence-electron chi connectivity index (χ2n) is 6.07. The number of amides is 2. The Bertz CT molecular complexity index is 426. The number of carbonyl (C=O) groups excluding carboxylic acids is 1. The maximum atomic E-state index is 11.6. The number of hydrogen-bond donors (Lipinski definition) is 2. The number of urea groups is 1. The van der Waals surface area contributed by atoms with Gasteiger partial charge >= 0.3 is 6.03 Å². The molecule has 0 saturated carbocycles. The summed E-state index contributed by atoms with van der Waals surface area (Å²) in [4.78, 5) is 13.7. The second kappa shape index (κ2) is 7.39. The van der Waals surface area contributed by atoms with Crippen LogP contribution in [0.3, 0.4) is 0 Å². The zero-order chi connectivity index (χ0) is 15.2. The van der Waals surface area contributed by atoms with Crippen LogP contribution in [-0.4, -0.2) is 32.7 Å². The second-order valence-corrected chi connectivity index (χ2v) is 6.50. The number of rotatable bonds is 5. The van der Waals surface area contributed by atoms with Gasteiger partial charge in [-0.05, 0) is 29.7 Å². The van der Waals surface area contributed by atoms with Crippen molar-refractivity contribution < 1.29 is 4.79 Å². The smallest absolute Gasteiger partial charge is 0.314 e. The Kier molecular flexibility index (Phi) is 6.14. The Morgan fingerprint density at radius 3 is 2.35 bits per heavy atom. The van der Waals surface area contributed by atoms with Gasteiger partial charge in [-0.25, -0.2) is 4.79 Å². The molecule has 1 aromatic rings. The minimum absolute atomic E-state index is 0.0947. The molecule has 0 fully saturated rings. The van der Waals surface area contributed by atoms with Gasteiger partial charge in [-0.3, -0.25) is 0 Å². The molecule has 1 aromatic carbocycles. The van der Waals surface area contributed by atoms with Crippen molar-refractivity contribution in [1.82, 2.24) is 10.6 Å². The van der Waals surface area contributed by atoms with Crippen LogP contribution in [0.15, 0.2) is 24.3 Å². The van der Waals surface area contributed by atoms with Crippen LogP contribution in [0.2, 0.25) is 5.02 Å². The van der Waals surface area contributed by atoms with Crippen molar-refractivity contribution in [3.05, 3.63) is 29.3 Å². The molecule has 2 amide bonds. The summed E-state index contributed by atoms with van der Waals surface area (Å²) >= 11 is 5.85. The Labute approximate surface area is 126 Å². The average Bonchev–Trinajstić information content (AvgIpc) is 2.36. The van der Waals surface area contributed by atoms with Gasteiger partial charge in [0.2, 0.25) is 0 Å². The average molecular weight is 298 g/mol. The van der Waals surface area contributed by atoms with Gasteiger partial charge in [0.05, 0.1) is 0 Å². The molecule has 4 nitrogen and oxygen atoms in total. The van der Waals surface area contributed by atoms with Gasteiger partial charge in [0.1, 0.15) is 0 Å². The van der Waals surface area contributed by atoms with E-state index in [0.29, 0.717) is 13.1 Å². The summed E-state index contributed by atoms with van der Waals surface area (Å²) in [6, 6.07) is 7.52. The topological polar surface area (TPSA) is 44.4 Å². The lowest BCUT2D eigenvalue weighted by molar-refractivity contribution is 0.236. The summed E-state index contributed by atoms with van der Waals surface area (Å²) in [7, 11) is 1.98. The zero-order valence-corrected chi connectivity index (χ0v) is 13.4. The molecule has 0 unspecified atom stereocenters. The first kappa shape index (κ1) is 16.6. The third-order valence-corrected chi connectivity index (χ3v) is 3.03. The Morgan fingerprint density at radius 1 is 1.20 bits per heavy atom. The van der Waals surface area contributed by atoms with E-state index >= 15 is 0 Å². The highest BCUT2D eigenvalue weighted by atomic mass is 35.5. The molecule has 0 atom stereocenters. The third kappa shape index (κ3) is 6.66. The fraction of sp³-hybridized carbons (Fsp3) is 0.533. The summed E-state index contributed by atoms with van der Waals surface area (Å²) in [5.41, 5.74) is 1.17. The van der Waals surface area contributed by atoms with E-state index < -0.39 is 0 Å². The van der Waals surface area contributed by atoms with Crippen LogP contribution >= 0.6 is 11.6 Å². The van der Waals surface area contributed by atoms with E-state index in [-0.39, 0.29) is 11.4 Å². The molecule has 5 heteroatoms. The van der Waals surface area contributed by atoms with Crippen LogP contribution in [0, 0.1) is 5.41 Å². The lowest BCUT2D eigenvalue weighted by Crippen LogP contribution is -2.42. The van der Waals surface area contributed by atoms with Crippen molar-refractivity contribution in [2.24, 2.45) is 5.41 Å². The van der Waals surface area contributed by atoms with Gasteiger partial charge in [-0.2, -0.15) is 0 Å². The van der Waals surface area contributed by atoms with Gasteiger partial charge in [0.25, 0.3) is 0 Å². The monoisotopic (exact) mass is 297 g/mol. The van der Waals surface area contributed by atoms with Gasteiger partial charge in [-0.15, -0.1) is 0 Å². The maximum Gasteiger partial charge on any atom is 0.314 e. The zero-order valence-electron chi connectivity index (χ0n) is 12.7. The third-order valence-electron chi connectivity index (χ3n) is 2.78. The first-order chi connectivity index (χ1) is 9.28. The van der Waals surface area contributed by atoms with E-state index in [0.717, 1.165) is 17.3 Å². The van der Waals surface area contributed by atoms with Crippen molar-refractivity contribution in [1.29, 1.82) is 0 Å². The molecule has 0 radical (unpaired) electrons. The van der Waals surface area contributed by atoms with Gasteiger partial charge in [-0.1, -0.05) is 32.4 Å². The predicted molar refractivity (Wildman–Crippen MR) is 85.6 cm³/mol. The van der Waals surface area contributed by atoms with E-state index in [2.05, 4.69) is 36.3 Å². The fourth-order valence-electron chi connectivity index (χ4n) is 1.57. The number of anilines is 1. The van der Waals surface area contributed by atoms with Crippen molar-refractivity contribution >= 4 is 23.3 Å². The molecular weight excluding hydrogens is 274 g/mol. The molecule has 2 N–H and O–H groups in total. The number of benzene rings is 1. The molecule has 0 heterocycles. The Morgan fingerprint density at radius 2 is 1.80 bits per heavy atom.